The van der Waals surface area contributed by atoms with Gasteiger partial charge < -0.3 is 5.32 Å². The van der Waals surface area contributed by atoms with Crippen LogP contribution in [-0.2, 0) is 6.54 Å². The van der Waals surface area contributed by atoms with Gasteiger partial charge in [-0.3, -0.25) is 0 Å². The molecule has 1 heterocycles. The van der Waals surface area contributed by atoms with E-state index >= 15 is 0 Å². The van der Waals surface area contributed by atoms with Gasteiger partial charge in [-0.05, 0) is 38.8 Å². The minimum atomic E-state index is -0.211. The van der Waals surface area contributed by atoms with Gasteiger partial charge in [0.15, 0.2) is 0 Å². The van der Waals surface area contributed by atoms with Crippen LogP contribution < -0.4 is 5.32 Å². The molecule has 0 radical (unpaired) electrons. The minimum Gasteiger partial charge on any atom is -0.307 e. The van der Waals surface area contributed by atoms with E-state index in [0.717, 1.165) is 17.2 Å². The normalized spacial score (nSPS) is 12.1. The van der Waals surface area contributed by atoms with E-state index in [1.807, 2.05) is 6.07 Å². The third-order valence-electron chi connectivity index (χ3n) is 3.16. The average Bonchev–Trinajstić information content (AvgIpc) is 2.80. The number of hydrogen-bond acceptors (Lipinski definition) is 3. The summed E-state index contributed by atoms with van der Waals surface area (Å²) in [6.45, 7) is 11.4. The number of aromatic nitrogens is 1. The van der Waals surface area contributed by atoms with E-state index in [-0.39, 0.29) is 11.4 Å². The SMILES string of the molecule is CC(C)c1nc(-c2ccccc2F)sc1CNC(C)(C)C. The van der Waals surface area contributed by atoms with Crippen molar-refractivity contribution in [2.75, 3.05) is 0 Å². The van der Waals surface area contributed by atoms with Crippen molar-refractivity contribution in [2.45, 2.75) is 52.6 Å². The highest BCUT2D eigenvalue weighted by Crippen LogP contribution is 2.33. The topological polar surface area (TPSA) is 24.9 Å². The van der Waals surface area contributed by atoms with Crippen LogP contribution in [-0.4, -0.2) is 10.5 Å². The maximum atomic E-state index is 13.9. The maximum Gasteiger partial charge on any atom is 0.133 e. The third kappa shape index (κ3) is 4.11. The number of rotatable bonds is 4. The van der Waals surface area contributed by atoms with E-state index in [9.17, 15) is 4.39 Å². The van der Waals surface area contributed by atoms with Crippen LogP contribution in [0.15, 0.2) is 24.3 Å². The lowest BCUT2D eigenvalue weighted by Gasteiger charge is -2.20. The number of nitrogens with zero attached hydrogens (tertiary/aromatic N) is 1. The Morgan fingerprint density at radius 2 is 1.90 bits per heavy atom. The van der Waals surface area contributed by atoms with E-state index < -0.39 is 0 Å². The molecule has 0 atom stereocenters. The molecule has 2 nitrogen and oxygen atoms in total. The maximum absolute atomic E-state index is 13.9. The fourth-order valence-corrected chi connectivity index (χ4v) is 3.22. The Bertz CT molecular complexity index is 611. The highest BCUT2D eigenvalue weighted by atomic mass is 32.1. The molecule has 2 rings (SSSR count). The van der Waals surface area contributed by atoms with Gasteiger partial charge in [0.25, 0.3) is 0 Å². The summed E-state index contributed by atoms with van der Waals surface area (Å²) in [5.41, 5.74) is 1.71. The Morgan fingerprint density at radius 1 is 1.24 bits per heavy atom. The minimum absolute atomic E-state index is 0.0520. The zero-order valence-electron chi connectivity index (χ0n) is 13.3. The van der Waals surface area contributed by atoms with Crippen LogP contribution >= 0.6 is 11.3 Å². The monoisotopic (exact) mass is 306 g/mol. The zero-order valence-corrected chi connectivity index (χ0v) is 14.1. The first-order chi connectivity index (χ1) is 9.78. The van der Waals surface area contributed by atoms with Crippen LogP contribution in [0.4, 0.5) is 4.39 Å². The molecule has 0 aliphatic heterocycles. The van der Waals surface area contributed by atoms with Crippen molar-refractivity contribution in [3.05, 3.63) is 40.7 Å². The number of hydrogen-bond donors (Lipinski definition) is 1. The summed E-state index contributed by atoms with van der Waals surface area (Å²) >= 11 is 1.58. The summed E-state index contributed by atoms with van der Waals surface area (Å²) < 4.78 is 13.9. The molecule has 0 aliphatic carbocycles. The molecule has 0 amide bonds. The van der Waals surface area contributed by atoms with Crippen molar-refractivity contribution in [3.8, 4) is 10.6 Å². The first-order valence-electron chi connectivity index (χ1n) is 7.27. The van der Waals surface area contributed by atoms with Gasteiger partial charge in [-0.1, -0.05) is 26.0 Å². The highest BCUT2D eigenvalue weighted by molar-refractivity contribution is 7.15. The lowest BCUT2D eigenvalue weighted by Crippen LogP contribution is -2.35. The summed E-state index contributed by atoms with van der Waals surface area (Å²) in [4.78, 5) is 5.87. The van der Waals surface area contributed by atoms with Gasteiger partial charge in [0, 0.05) is 22.5 Å². The van der Waals surface area contributed by atoms with Crippen LogP contribution in [0.25, 0.3) is 10.6 Å². The van der Waals surface area contributed by atoms with Crippen LogP contribution in [0.1, 0.15) is 51.1 Å². The van der Waals surface area contributed by atoms with E-state index in [2.05, 4.69) is 44.9 Å². The molecule has 0 fully saturated rings. The van der Waals surface area contributed by atoms with Crippen molar-refractivity contribution in [1.29, 1.82) is 0 Å². The first kappa shape index (κ1) is 16.1. The van der Waals surface area contributed by atoms with E-state index in [0.29, 0.717) is 11.5 Å². The van der Waals surface area contributed by atoms with Crippen molar-refractivity contribution in [2.24, 2.45) is 0 Å². The van der Waals surface area contributed by atoms with Gasteiger partial charge in [0.2, 0.25) is 0 Å². The molecule has 0 bridgehead atoms. The molecule has 1 aromatic carbocycles. The highest BCUT2D eigenvalue weighted by Gasteiger charge is 2.18. The summed E-state index contributed by atoms with van der Waals surface area (Å²) in [6.07, 6.45) is 0. The van der Waals surface area contributed by atoms with Gasteiger partial charge in [0.1, 0.15) is 10.8 Å². The summed E-state index contributed by atoms with van der Waals surface area (Å²) in [7, 11) is 0. The van der Waals surface area contributed by atoms with E-state index in [1.165, 1.54) is 10.9 Å². The zero-order chi connectivity index (χ0) is 15.6. The Hall–Kier alpha value is -1.26. The van der Waals surface area contributed by atoms with Crippen LogP contribution in [0.3, 0.4) is 0 Å². The van der Waals surface area contributed by atoms with Crippen LogP contribution in [0, 0.1) is 5.82 Å². The molecule has 0 spiro atoms. The molecule has 21 heavy (non-hydrogen) atoms. The largest absolute Gasteiger partial charge is 0.307 e. The summed E-state index contributed by atoms with van der Waals surface area (Å²) in [6, 6.07) is 6.83. The Labute approximate surface area is 130 Å². The predicted octanol–water partition coefficient (Wildman–Crippen LogP) is 4.96. The van der Waals surface area contributed by atoms with Gasteiger partial charge in [-0.2, -0.15) is 0 Å². The Morgan fingerprint density at radius 3 is 2.48 bits per heavy atom. The van der Waals surface area contributed by atoms with Crippen LogP contribution in [0.5, 0.6) is 0 Å². The molecule has 0 aliphatic rings. The number of halogens is 1. The van der Waals surface area contributed by atoms with E-state index in [4.69, 9.17) is 0 Å². The molecule has 2 aromatic rings. The number of nitrogens with one attached hydrogen (secondary N) is 1. The van der Waals surface area contributed by atoms with Gasteiger partial charge in [-0.25, -0.2) is 9.37 Å². The molecule has 1 N–H and O–H groups in total. The fourth-order valence-electron chi connectivity index (χ4n) is 2.04. The smallest absolute Gasteiger partial charge is 0.133 e. The lowest BCUT2D eigenvalue weighted by atomic mass is 10.1. The molecule has 0 unspecified atom stereocenters. The molecule has 114 valence electrons. The second-order valence-electron chi connectivity index (χ2n) is 6.57. The quantitative estimate of drug-likeness (QED) is 0.863. The van der Waals surface area contributed by atoms with Gasteiger partial charge in [0.05, 0.1) is 5.69 Å². The van der Waals surface area contributed by atoms with Crippen molar-refractivity contribution in [1.82, 2.24) is 10.3 Å². The summed E-state index contributed by atoms with van der Waals surface area (Å²) in [5.74, 6) is 0.121. The van der Waals surface area contributed by atoms with Crippen molar-refractivity contribution < 1.29 is 4.39 Å². The van der Waals surface area contributed by atoms with Crippen molar-refractivity contribution >= 4 is 11.3 Å². The second kappa shape index (κ2) is 6.24. The molecule has 1 aromatic heterocycles. The lowest BCUT2D eigenvalue weighted by molar-refractivity contribution is 0.425. The Balaban J connectivity index is 2.36. The number of benzene rings is 1. The number of thiazole rings is 1. The summed E-state index contributed by atoms with van der Waals surface area (Å²) in [5, 5.41) is 4.26. The molecule has 4 heteroatoms. The molecule has 0 saturated carbocycles. The predicted molar refractivity (Wildman–Crippen MR) is 88.2 cm³/mol. The van der Waals surface area contributed by atoms with E-state index in [1.54, 1.807) is 23.5 Å². The van der Waals surface area contributed by atoms with Crippen LogP contribution in [0.2, 0.25) is 0 Å². The molecular weight excluding hydrogens is 283 g/mol. The van der Waals surface area contributed by atoms with Gasteiger partial charge in [-0.15, -0.1) is 11.3 Å². The fraction of sp³-hybridized carbons (Fsp3) is 0.471. The molecule has 0 saturated heterocycles. The third-order valence-corrected chi connectivity index (χ3v) is 4.26. The molecular formula is C17H23FN2S. The van der Waals surface area contributed by atoms with Gasteiger partial charge >= 0.3 is 0 Å². The Kier molecular flexibility index (Phi) is 4.79. The second-order valence-corrected chi connectivity index (χ2v) is 7.65. The average molecular weight is 306 g/mol. The standard InChI is InChI=1S/C17H23FN2S/c1-11(2)15-14(10-19-17(3,4)5)21-16(20-15)12-8-6-7-9-13(12)18/h6-9,11,19H,10H2,1-5H3. The first-order valence-corrected chi connectivity index (χ1v) is 8.09. The van der Waals surface area contributed by atoms with Crippen molar-refractivity contribution in [3.63, 3.8) is 0 Å².